The van der Waals surface area contributed by atoms with Gasteiger partial charge in [-0.05, 0) is 50.5 Å². The fraction of sp³-hybridized carbons (Fsp3) is 0.850. The van der Waals surface area contributed by atoms with Crippen molar-refractivity contribution in [2.24, 2.45) is 11.8 Å². The Kier molecular flexibility index (Phi) is 9.09. The number of hydrogen-bond acceptors (Lipinski definition) is 5. The topological polar surface area (TPSA) is 71.3 Å². The standard InChI is InChI=1S/C20H36N4O2/c1-4-8-18-22-20(26-23-18)10-7-9-19(25)21-11-5-6-12-24-14-16(2)13-17(3)15-24/h16-17H,4-15H2,1-3H3,(H,21,25). The summed E-state index contributed by atoms with van der Waals surface area (Å²) in [7, 11) is 0. The van der Waals surface area contributed by atoms with Gasteiger partial charge in [0.15, 0.2) is 5.82 Å². The van der Waals surface area contributed by atoms with E-state index < -0.39 is 0 Å². The lowest BCUT2D eigenvalue weighted by Crippen LogP contribution is -2.39. The van der Waals surface area contributed by atoms with Gasteiger partial charge in [-0.3, -0.25) is 4.79 Å². The maximum atomic E-state index is 11.9. The number of piperidine rings is 1. The van der Waals surface area contributed by atoms with Gasteiger partial charge in [-0.15, -0.1) is 0 Å². The van der Waals surface area contributed by atoms with Gasteiger partial charge < -0.3 is 14.7 Å². The molecule has 148 valence electrons. The highest BCUT2D eigenvalue weighted by atomic mass is 16.5. The first-order valence-corrected chi connectivity index (χ1v) is 10.4. The van der Waals surface area contributed by atoms with E-state index in [1.54, 1.807) is 0 Å². The second-order valence-electron chi connectivity index (χ2n) is 7.97. The molecule has 1 aromatic rings. The van der Waals surface area contributed by atoms with Crippen molar-refractivity contribution in [1.82, 2.24) is 20.4 Å². The van der Waals surface area contributed by atoms with Crippen LogP contribution < -0.4 is 5.32 Å². The Hall–Kier alpha value is -1.43. The third-order valence-electron chi connectivity index (χ3n) is 4.95. The summed E-state index contributed by atoms with van der Waals surface area (Å²) in [5.74, 6) is 3.17. The maximum absolute atomic E-state index is 11.9. The Labute approximate surface area is 158 Å². The van der Waals surface area contributed by atoms with Crippen LogP contribution in [-0.4, -0.2) is 47.1 Å². The zero-order valence-corrected chi connectivity index (χ0v) is 16.8. The molecule has 6 nitrogen and oxygen atoms in total. The molecule has 26 heavy (non-hydrogen) atoms. The molecule has 0 aromatic carbocycles. The Balaban J connectivity index is 1.48. The largest absolute Gasteiger partial charge is 0.356 e. The van der Waals surface area contributed by atoms with Gasteiger partial charge in [-0.1, -0.05) is 25.9 Å². The number of nitrogens with zero attached hydrogens (tertiary/aromatic N) is 3. The van der Waals surface area contributed by atoms with Crippen LogP contribution in [0.15, 0.2) is 4.52 Å². The van der Waals surface area contributed by atoms with Gasteiger partial charge >= 0.3 is 0 Å². The fourth-order valence-corrected chi connectivity index (χ4v) is 3.87. The summed E-state index contributed by atoms with van der Waals surface area (Å²) >= 11 is 0. The van der Waals surface area contributed by atoms with E-state index in [0.29, 0.717) is 18.7 Å². The highest BCUT2D eigenvalue weighted by molar-refractivity contribution is 5.75. The zero-order valence-electron chi connectivity index (χ0n) is 16.8. The number of amides is 1. The van der Waals surface area contributed by atoms with Crippen molar-refractivity contribution in [2.75, 3.05) is 26.2 Å². The number of carbonyl (C=O) groups is 1. The molecule has 1 fully saturated rings. The maximum Gasteiger partial charge on any atom is 0.226 e. The molecule has 1 aliphatic heterocycles. The van der Waals surface area contributed by atoms with Crippen molar-refractivity contribution in [2.45, 2.75) is 72.1 Å². The highest BCUT2D eigenvalue weighted by Crippen LogP contribution is 2.20. The van der Waals surface area contributed by atoms with E-state index in [4.69, 9.17) is 4.52 Å². The van der Waals surface area contributed by atoms with Crippen LogP contribution >= 0.6 is 0 Å². The second-order valence-corrected chi connectivity index (χ2v) is 7.97. The van der Waals surface area contributed by atoms with Crippen LogP contribution in [0.1, 0.15) is 71.0 Å². The second kappa shape index (κ2) is 11.3. The van der Waals surface area contributed by atoms with E-state index in [1.165, 1.54) is 19.5 Å². The molecule has 2 atom stereocenters. The summed E-state index contributed by atoms with van der Waals surface area (Å²) in [6.07, 6.45) is 7.37. The number of aromatic nitrogens is 2. The SMILES string of the molecule is CCCc1noc(CCCC(=O)NCCCCN2CC(C)CC(C)C2)n1. The van der Waals surface area contributed by atoms with Gasteiger partial charge in [-0.25, -0.2) is 0 Å². The Morgan fingerprint density at radius 1 is 1.19 bits per heavy atom. The first-order valence-electron chi connectivity index (χ1n) is 10.4. The van der Waals surface area contributed by atoms with E-state index in [9.17, 15) is 4.79 Å². The molecule has 2 heterocycles. The molecule has 2 unspecified atom stereocenters. The van der Waals surface area contributed by atoms with Crippen LogP contribution in [0, 0.1) is 11.8 Å². The van der Waals surface area contributed by atoms with E-state index in [1.807, 2.05) is 0 Å². The molecule has 1 amide bonds. The van der Waals surface area contributed by atoms with E-state index in [0.717, 1.165) is 62.9 Å². The Bertz CT molecular complexity index is 522. The van der Waals surface area contributed by atoms with Crippen molar-refractivity contribution in [3.8, 4) is 0 Å². The minimum Gasteiger partial charge on any atom is -0.356 e. The lowest BCUT2D eigenvalue weighted by Gasteiger charge is -2.34. The number of nitrogens with one attached hydrogen (secondary N) is 1. The predicted octanol–water partition coefficient (Wildman–Crippen LogP) is 3.22. The molecule has 1 aliphatic rings. The number of hydrogen-bond donors (Lipinski definition) is 1. The molecule has 0 aliphatic carbocycles. The van der Waals surface area contributed by atoms with Gasteiger partial charge in [0.2, 0.25) is 11.8 Å². The molecule has 0 radical (unpaired) electrons. The van der Waals surface area contributed by atoms with Crippen molar-refractivity contribution in [1.29, 1.82) is 0 Å². The smallest absolute Gasteiger partial charge is 0.226 e. The molecular formula is C20H36N4O2. The summed E-state index contributed by atoms with van der Waals surface area (Å²) in [5.41, 5.74) is 0. The average molecular weight is 365 g/mol. The molecule has 0 spiro atoms. The molecule has 1 saturated heterocycles. The van der Waals surface area contributed by atoms with Crippen molar-refractivity contribution in [3.05, 3.63) is 11.7 Å². The Morgan fingerprint density at radius 3 is 2.69 bits per heavy atom. The molecule has 1 aromatic heterocycles. The number of carbonyl (C=O) groups excluding carboxylic acids is 1. The van der Waals surface area contributed by atoms with E-state index >= 15 is 0 Å². The summed E-state index contributed by atoms with van der Waals surface area (Å²) in [5, 5.41) is 6.96. The average Bonchev–Trinajstić information content (AvgIpc) is 3.01. The Morgan fingerprint density at radius 2 is 1.96 bits per heavy atom. The van der Waals surface area contributed by atoms with Crippen LogP contribution in [0.5, 0.6) is 0 Å². The molecule has 0 saturated carbocycles. The predicted molar refractivity (Wildman–Crippen MR) is 103 cm³/mol. The van der Waals surface area contributed by atoms with Crippen molar-refractivity contribution >= 4 is 5.91 Å². The summed E-state index contributed by atoms with van der Waals surface area (Å²) in [4.78, 5) is 18.8. The molecule has 2 rings (SSSR count). The minimum atomic E-state index is 0.124. The first-order chi connectivity index (χ1) is 12.6. The zero-order chi connectivity index (χ0) is 18.8. The lowest BCUT2D eigenvalue weighted by molar-refractivity contribution is -0.121. The van der Waals surface area contributed by atoms with Crippen molar-refractivity contribution < 1.29 is 9.32 Å². The van der Waals surface area contributed by atoms with Gasteiger partial charge in [0, 0.05) is 38.9 Å². The van der Waals surface area contributed by atoms with Gasteiger partial charge in [0.25, 0.3) is 0 Å². The number of likely N-dealkylation sites (tertiary alicyclic amines) is 1. The fourth-order valence-electron chi connectivity index (χ4n) is 3.87. The van der Waals surface area contributed by atoms with Crippen LogP contribution in [0.25, 0.3) is 0 Å². The lowest BCUT2D eigenvalue weighted by atomic mass is 9.92. The molecule has 1 N–H and O–H groups in total. The third-order valence-corrected chi connectivity index (χ3v) is 4.95. The van der Waals surface area contributed by atoms with Crippen LogP contribution in [-0.2, 0) is 17.6 Å². The van der Waals surface area contributed by atoms with Crippen molar-refractivity contribution in [3.63, 3.8) is 0 Å². The molecule has 0 bridgehead atoms. The summed E-state index contributed by atoms with van der Waals surface area (Å²) in [6.45, 7) is 11.2. The van der Waals surface area contributed by atoms with Crippen LogP contribution in [0.3, 0.4) is 0 Å². The monoisotopic (exact) mass is 364 g/mol. The highest BCUT2D eigenvalue weighted by Gasteiger charge is 2.20. The summed E-state index contributed by atoms with van der Waals surface area (Å²) in [6, 6.07) is 0. The minimum absolute atomic E-state index is 0.124. The van der Waals surface area contributed by atoms with Gasteiger partial charge in [0.05, 0.1) is 0 Å². The third kappa shape index (κ3) is 7.85. The van der Waals surface area contributed by atoms with E-state index in [-0.39, 0.29) is 5.91 Å². The van der Waals surface area contributed by atoms with Crippen LogP contribution in [0.4, 0.5) is 0 Å². The number of unbranched alkanes of at least 4 members (excludes halogenated alkanes) is 1. The number of aryl methyl sites for hydroxylation is 2. The van der Waals surface area contributed by atoms with Gasteiger partial charge in [0.1, 0.15) is 0 Å². The molecular weight excluding hydrogens is 328 g/mol. The quantitative estimate of drug-likeness (QED) is 0.611. The summed E-state index contributed by atoms with van der Waals surface area (Å²) < 4.78 is 5.19. The first kappa shape index (κ1) is 20.9. The normalized spacial score (nSPS) is 21.0. The van der Waals surface area contributed by atoms with Crippen LogP contribution in [0.2, 0.25) is 0 Å². The molecule has 6 heteroatoms. The van der Waals surface area contributed by atoms with Gasteiger partial charge in [-0.2, -0.15) is 4.98 Å². The number of rotatable bonds is 11. The van der Waals surface area contributed by atoms with E-state index in [2.05, 4.69) is 41.1 Å².